The van der Waals surface area contributed by atoms with Crippen LogP contribution in [0.4, 0.5) is 5.82 Å². The topological polar surface area (TPSA) is 19.4 Å². The van der Waals surface area contributed by atoms with Gasteiger partial charge in [0, 0.05) is 25.8 Å². The van der Waals surface area contributed by atoms with Crippen molar-refractivity contribution in [3.63, 3.8) is 0 Å². The van der Waals surface area contributed by atoms with E-state index in [9.17, 15) is 0 Å². The molecule has 18 heavy (non-hydrogen) atoms. The molecule has 0 bridgehead atoms. The summed E-state index contributed by atoms with van der Waals surface area (Å²) in [6, 6.07) is 6.07. The molecule has 0 spiro atoms. The van der Waals surface area contributed by atoms with Gasteiger partial charge in [-0.2, -0.15) is 0 Å². The molecule has 3 nitrogen and oxygen atoms in total. The fourth-order valence-electron chi connectivity index (χ4n) is 2.44. The van der Waals surface area contributed by atoms with E-state index in [1.807, 2.05) is 24.4 Å². The predicted octanol–water partition coefficient (Wildman–Crippen LogP) is 2.56. The molecule has 1 aromatic heterocycles. The van der Waals surface area contributed by atoms with E-state index in [1.54, 1.807) is 0 Å². The highest BCUT2D eigenvalue weighted by molar-refractivity contribution is 5.38. The van der Waals surface area contributed by atoms with Crippen molar-refractivity contribution in [2.75, 3.05) is 37.6 Å². The molecule has 0 amide bonds. The molecular formula is C15H23N3. The number of likely N-dealkylation sites (tertiary alicyclic amines) is 1. The van der Waals surface area contributed by atoms with E-state index < -0.39 is 0 Å². The zero-order valence-electron chi connectivity index (χ0n) is 11.1. The molecule has 0 atom stereocenters. The molecule has 0 aromatic carbocycles. The normalized spacial score (nSPS) is 16.4. The predicted molar refractivity (Wildman–Crippen MR) is 76.9 cm³/mol. The Labute approximate surface area is 110 Å². The van der Waals surface area contributed by atoms with Crippen LogP contribution in [0.15, 0.2) is 37.1 Å². The minimum absolute atomic E-state index is 0.866. The lowest BCUT2D eigenvalue weighted by molar-refractivity contribution is 0.233. The zero-order chi connectivity index (χ0) is 12.6. The van der Waals surface area contributed by atoms with Gasteiger partial charge in [-0.25, -0.2) is 4.98 Å². The van der Waals surface area contributed by atoms with Crippen molar-refractivity contribution in [3.8, 4) is 0 Å². The molecule has 3 heteroatoms. The Morgan fingerprint density at radius 1 is 1.28 bits per heavy atom. The van der Waals surface area contributed by atoms with Crippen LogP contribution in [-0.2, 0) is 0 Å². The van der Waals surface area contributed by atoms with Crippen LogP contribution in [-0.4, -0.2) is 42.6 Å². The lowest BCUT2D eigenvalue weighted by Crippen LogP contribution is -2.38. The van der Waals surface area contributed by atoms with Gasteiger partial charge < -0.3 is 9.80 Å². The van der Waals surface area contributed by atoms with Crippen molar-refractivity contribution in [1.29, 1.82) is 0 Å². The third kappa shape index (κ3) is 3.84. The van der Waals surface area contributed by atoms with Gasteiger partial charge in [-0.05, 0) is 38.1 Å². The lowest BCUT2D eigenvalue weighted by atomic mass is 10.1. The van der Waals surface area contributed by atoms with Gasteiger partial charge >= 0.3 is 0 Å². The van der Waals surface area contributed by atoms with Gasteiger partial charge in [0.05, 0.1) is 0 Å². The highest BCUT2D eigenvalue weighted by Crippen LogP contribution is 2.11. The number of piperidine rings is 1. The number of aromatic nitrogens is 1. The minimum atomic E-state index is 0.866. The highest BCUT2D eigenvalue weighted by Gasteiger charge is 2.12. The second kappa shape index (κ2) is 7.17. The zero-order valence-corrected chi connectivity index (χ0v) is 11.1. The van der Waals surface area contributed by atoms with Crippen molar-refractivity contribution in [2.24, 2.45) is 0 Å². The van der Waals surface area contributed by atoms with Crippen molar-refractivity contribution >= 4 is 5.82 Å². The Kier molecular flexibility index (Phi) is 5.21. The van der Waals surface area contributed by atoms with Crippen molar-refractivity contribution in [3.05, 3.63) is 37.1 Å². The van der Waals surface area contributed by atoms with E-state index in [1.165, 1.54) is 32.4 Å². The molecule has 0 radical (unpaired) electrons. The fourth-order valence-corrected chi connectivity index (χ4v) is 2.44. The van der Waals surface area contributed by atoms with E-state index in [0.717, 1.165) is 25.5 Å². The summed E-state index contributed by atoms with van der Waals surface area (Å²) < 4.78 is 0. The van der Waals surface area contributed by atoms with Gasteiger partial charge in [0.2, 0.25) is 0 Å². The molecule has 0 aliphatic carbocycles. The largest absolute Gasteiger partial charge is 0.352 e. The van der Waals surface area contributed by atoms with Gasteiger partial charge in [-0.1, -0.05) is 18.6 Å². The summed E-state index contributed by atoms with van der Waals surface area (Å²) in [6.45, 7) is 9.37. The monoisotopic (exact) mass is 245 g/mol. The maximum Gasteiger partial charge on any atom is 0.128 e. The summed E-state index contributed by atoms with van der Waals surface area (Å²) >= 11 is 0. The van der Waals surface area contributed by atoms with E-state index in [4.69, 9.17) is 0 Å². The summed E-state index contributed by atoms with van der Waals surface area (Å²) in [5.41, 5.74) is 0. The first-order valence-electron chi connectivity index (χ1n) is 6.89. The first-order chi connectivity index (χ1) is 8.90. The lowest BCUT2D eigenvalue weighted by Gasteiger charge is -2.30. The Morgan fingerprint density at radius 3 is 2.78 bits per heavy atom. The van der Waals surface area contributed by atoms with Crippen molar-refractivity contribution in [1.82, 2.24) is 9.88 Å². The molecule has 98 valence electrons. The number of hydrogen-bond donors (Lipinski definition) is 0. The number of hydrogen-bond acceptors (Lipinski definition) is 3. The van der Waals surface area contributed by atoms with E-state index in [-0.39, 0.29) is 0 Å². The molecule has 2 heterocycles. The van der Waals surface area contributed by atoms with Crippen LogP contribution >= 0.6 is 0 Å². The van der Waals surface area contributed by atoms with Crippen LogP contribution in [0, 0.1) is 0 Å². The van der Waals surface area contributed by atoms with Crippen LogP contribution in [0.3, 0.4) is 0 Å². The van der Waals surface area contributed by atoms with Gasteiger partial charge in [-0.3, -0.25) is 0 Å². The average molecular weight is 245 g/mol. The number of rotatable bonds is 6. The molecule has 0 N–H and O–H groups in total. The van der Waals surface area contributed by atoms with Crippen LogP contribution in [0.1, 0.15) is 19.3 Å². The van der Waals surface area contributed by atoms with Crippen LogP contribution < -0.4 is 4.90 Å². The molecule has 1 fully saturated rings. The molecule has 1 aliphatic heterocycles. The molecule has 0 saturated carbocycles. The van der Waals surface area contributed by atoms with Crippen molar-refractivity contribution in [2.45, 2.75) is 19.3 Å². The SMILES string of the molecule is C=CCN(CCN1CCCCC1)c1ccccn1. The fraction of sp³-hybridized carbons (Fsp3) is 0.533. The van der Waals surface area contributed by atoms with Gasteiger partial charge in [0.15, 0.2) is 0 Å². The Balaban J connectivity index is 1.88. The summed E-state index contributed by atoms with van der Waals surface area (Å²) in [4.78, 5) is 9.27. The van der Waals surface area contributed by atoms with Crippen molar-refractivity contribution < 1.29 is 0 Å². The summed E-state index contributed by atoms with van der Waals surface area (Å²) in [7, 11) is 0. The average Bonchev–Trinajstić information content (AvgIpc) is 2.45. The first-order valence-corrected chi connectivity index (χ1v) is 6.89. The second-order valence-corrected chi connectivity index (χ2v) is 4.82. The quantitative estimate of drug-likeness (QED) is 0.718. The van der Waals surface area contributed by atoms with Crippen LogP contribution in [0.2, 0.25) is 0 Å². The van der Waals surface area contributed by atoms with E-state index in [2.05, 4.69) is 27.4 Å². The van der Waals surface area contributed by atoms with Gasteiger partial charge in [-0.15, -0.1) is 6.58 Å². The molecule has 1 aliphatic rings. The highest BCUT2D eigenvalue weighted by atomic mass is 15.2. The number of pyridine rings is 1. The number of anilines is 1. The summed E-state index contributed by atoms with van der Waals surface area (Å²) in [5.74, 6) is 1.05. The maximum atomic E-state index is 4.42. The third-order valence-corrected chi connectivity index (χ3v) is 3.46. The van der Waals surface area contributed by atoms with Crippen LogP contribution in [0.5, 0.6) is 0 Å². The standard InChI is InChI=1S/C15H23N3/c1-2-10-18(15-8-4-5-9-16-15)14-13-17-11-6-3-7-12-17/h2,4-5,8-9H,1,3,6-7,10-14H2. The number of nitrogens with zero attached hydrogens (tertiary/aromatic N) is 3. The maximum absolute atomic E-state index is 4.42. The Bertz CT molecular complexity index is 344. The summed E-state index contributed by atoms with van der Waals surface area (Å²) in [6.07, 6.45) is 7.90. The Hall–Kier alpha value is -1.35. The second-order valence-electron chi connectivity index (χ2n) is 4.82. The van der Waals surface area contributed by atoms with E-state index >= 15 is 0 Å². The summed E-state index contributed by atoms with van der Waals surface area (Å²) in [5, 5.41) is 0. The molecular weight excluding hydrogens is 222 g/mol. The molecule has 1 aromatic rings. The molecule has 0 unspecified atom stereocenters. The molecule has 1 saturated heterocycles. The van der Waals surface area contributed by atoms with Gasteiger partial charge in [0.25, 0.3) is 0 Å². The Morgan fingerprint density at radius 2 is 2.11 bits per heavy atom. The minimum Gasteiger partial charge on any atom is -0.352 e. The first kappa shape index (κ1) is 13.1. The van der Waals surface area contributed by atoms with E-state index in [0.29, 0.717) is 0 Å². The van der Waals surface area contributed by atoms with Gasteiger partial charge in [0.1, 0.15) is 5.82 Å². The molecule has 2 rings (SSSR count). The third-order valence-electron chi connectivity index (χ3n) is 3.46. The van der Waals surface area contributed by atoms with Crippen LogP contribution in [0.25, 0.3) is 0 Å². The smallest absolute Gasteiger partial charge is 0.128 e.